The zero-order valence-electron chi connectivity index (χ0n) is 13.0. The third kappa shape index (κ3) is 4.56. The van der Waals surface area contributed by atoms with E-state index in [-0.39, 0.29) is 5.41 Å². The van der Waals surface area contributed by atoms with E-state index in [1.165, 1.54) is 19.3 Å². The van der Waals surface area contributed by atoms with Gasteiger partial charge in [0.25, 0.3) is 0 Å². The van der Waals surface area contributed by atoms with Crippen molar-refractivity contribution in [1.82, 2.24) is 15.0 Å². The molecular weight excluding hydrogens is 286 g/mol. The third-order valence-corrected chi connectivity index (χ3v) is 5.72. The van der Waals surface area contributed by atoms with Crippen molar-refractivity contribution < 1.29 is 8.42 Å². The summed E-state index contributed by atoms with van der Waals surface area (Å²) in [5.74, 6) is 0. The summed E-state index contributed by atoms with van der Waals surface area (Å²) in [5, 5.41) is 3.17. The maximum Gasteiger partial charge on any atom is 0.242 e. The van der Waals surface area contributed by atoms with E-state index in [1.807, 2.05) is 6.92 Å². The number of H-pyrrole nitrogens is 1. The van der Waals surface area contributed by atoms with Gasteiger partial charge in [-0.3, -0.25) is 0 Å². The van der Waals surface area contributed by atoms with Crippen molar-refractivity contribution in [3.05, 3.63) is 18.0 Å². The van der Waals surface area contributed by atoms with Crippen LogP contribution in [0.15, 0.2) is 17.2 Å². The van der Waals surface area contributed by atoms with Crippen LogP contribution in [-0.2, 0) is 16.6 Å². The minimum absolute atomic E-state index is 0.105. The quantitative estimate of drug-likeness (QED) is 0.723. The highest BCUT2D eigenvalue weighted by Crippen LogP contribution is 2.35. The Bertz CT molecular complexity index is 545. The summed E-state index contributed by atoms with van der Waals surface area (Å²) in [5.41, 5.74) is 0.995. The number of rotatable bonds is 7. The van der Waals surface area contributed by atoms with Crippen molar-refractivity contribution in [3.63, 3.8) is 0 Å². The molecule has 0 amide bonds. The summed E-state index contributed by atoms with van der Waals surface area (Å²) in [7, 11) is -3.41. The van der Waals surface area contributed by atoms with Crippen LogP contribution in [-0.4, -0.2) is 26.5 Å². The molecule has 0 radical (unpaired) electrons. The molecule has 0 bridgehead atoms. The first-order valence-electron chi connectivity index (χ1n) is 7.83. The highest BCUT2D eigenvalue weighted by molar-refractivity contribution is 7.89. The van der Waals surface area contributed by atoms with Crippen molar-refractivity contribution in [2.75, 3.05) is 13.1 Å². The predicted octanol–water partition coefficient (Wildman–Crippen LogP) is 2.37. The average Bonchev–Trinajstić information content (AvgIpc) is 2.94. The molecule has 1 aromatic rings. The van der Waals surface area contributed by atoms with Crippen LogP contribution >= 0.6 is 0 Å². The van der Waals surface area contributed by atoms with E-state index in [1.54, 1.807) is 12.3 Å². The number of hydrogen-bond acceptors (Lipinski definition) is 3. The Morgan fingerprint density at radius 3 is 2.67 bits per heavy atom. The molecule has 21 heavy (non-hydrogen) atoms. The first kappa shape index (κ1) is 16.5. The molecule has 1 fully saturated rings. The molecule has 120 valence electrons. The smallest absolute Gasteiger partial charge is 0.242 e. The van der Waals surface area contributed by atoms with Gasteiger partial charge in [-0.2, -0.15) is 0 Å². The van der Waals surface area contributed by atoms with Crippen molar-refractivity contribution in [1.29, 1.82) is 0 Å². The predicted molar refractivity (Wildman–Crippen MR) is 84.6 cm³/mol. The van der Waals surface area contributed by atoms with E-state index in [0.717, 1.165) is 25.1 Å². The van der Waals surface area contributed by atoms with Crippen LogP contribution in [0.25, 0.3) is 0 Å². The topological polar surface area (TPSA) is 74.0 Å². The summed E-state index contributed by atoms with van der Waals surface area (Å²) in [6, 6.07) is 1.70. The Balaban J connectivity index is 1.96. The van der Waals surface area contributed by atoms with Crippen molar-refractivity contribution >= 4 is 10.0 Å². The Kier molecular flexibility index (Phi) is 5.46. The van der Waals surface area contributed by atoms with Gasteiger partial charge in [-0.15, -0.1) is 0 Å². The second-order valence-corrected chi connectivity index (χ2v) is 8.10. The molecule has 0 spiro atoms. The van der Waals surface area contributed by atoms with Crippen LogP contribution in [0.5, 0.6) is 0 Å². The molecule has 6 heteroatoms. The van der Waals surface area contributed by atoms with Gasteiger partial charge in [-0.1, -0.05) is 33.1 Å². The Hall–Kier alpha value is -0.850. The molecule has 3 N–H and O–H groups in total. The molecule has 2 rings (SSSR count). The molecular formula is C15H27N3O2S. The zero-order valence-corrected chi connectivity index (χ0v) is 13.9. The van der Waals surface area contributed by atoms with Crippen LogP contribution in [0.2, 0.25) is 0 Å². The van der Waals surface area contributed by atoms with E-state index < -0.39 is 10.0 Å². The van der Waals surface area contributed by atoms with Gasteiger partial charge >= 0.3 is 0 Å². The Labute approximate surface area is 128 Å². The van der Waals surface area contributed by atoms with Crippen LogP contribution < -0.4 is 10.0 Å². The monoisotopic (exact) mass is 313 g/mol. The fourth-order valence-corrected chi connectivity index (χ4v) is 4.09. The lowest BCUT2D eigenvalue weighted by Gasteiger charge is -2.33. The first-order chi connectivity index (χ1) is 9.95. The molecule has 1 aliphatic rings. The standard InChI is InChI=1S/C15H27N3O2S/c1-3-16-10-13-9-14(11-17-13)21(19,20)18-12-15(2)7-5-4-6-8-15/h9,11,16-18H,3-8,10,12H2,1-2H3. The highest BCUT2D eigenvalue weighted by Gasteiger charge is 2.29. The number of aromatic amines is 1. The minimum atomic E-state index is -3.41. The summed E-state index contributed by atoms with van der Waals surface area (Å²) in [4.78, 5) is 3.34. The van der Waals surface area contributed by atoms with Crippen LogP contribution in [0.3, 0.4) is 0 Å². The second kappa shape index (κ2) is 6.94. The maximum absolute atomic E-state index is 12.4. The Morgan fingerprint density at radius 1 is 1.29 bits per heavy atom. The molecule has 1 aliphatic carbocycles. The van der Waals surface area contributed by atoms with E-state index in [9.17, 15) is 8.42 Å². The fourth-order valence-electron chi connectivity index (χ4n) is 2.87. The van der Waals surface area contributed by atoms with E-state index in [4.69, 9.17) is 0 Å². The van der Waals surface area contributed by atoms with Gasteiger partial charge in [0, 0.05) is 25.0 Å². The van der Waals surface area contributed by atoms with Crippen molar-refractivity contribution in [2.45, 2.75) is 57.4 Å². The fraction of sp³-hybridized carbons (Fsp3) is 0.733. The van der Waals surface area contributed by atoms with Crippen molar-refractivity contribution in [3.8, 4) is 0 Å². The summed E-state index contributed by atoms with van der Waals surface area (Å²) >= 11 is 0. The molecule has 0 unspecified atom stereocenters. The van der Waals surface area contributed by atoms with Gasteiger partial charge < -0.3 is 10.3 Å². The number of nitrogens with one attached hydrogen (secondary N) is 3. The summed E-state index contributed by atoms with van der Waals surface area (Å²) in [6.07, 6.45) is 7.46. The van der Waals surface area contributed by atoms with E-state index in [0.29, 0.717) is 18.0 Å². The average molecular weight is 313 g/mol. The lowest BCUT2D eigenvalue weighted by molar-refractivity contribution is 0.219. The van der Waals surface area contributed by atoms with Gasteiger partial charge in [0.15, 0.2) is 0 Å². The van der Waals surface area contributed by atoms with E-state index >= 15 is 0 Å². The Morgan fingerprint density at radius 2 is 2.00 bits per heavy atom. The van der Waals surface area contributed by atoms with Crippen LogP contribution in [0.1, 0.15) is 51.6 Å². The molecule has 0 aromatic carbocycles. The highest BCUT2D eigenvalue weighted by atomic mass is 32.2. The van der Waals surface area contributed by atoms with Gasteiger partial charge in [-0.25, -0.2) is 13.1 Å². The lowest BCUT2D eigenvalue weighted by Crippen LogP contribution is -2.36. The molecule has 1 saturated carbocycles. The van der Waals surface area contributed by atoms with Gasteiger partial charge in [0.05, 0.1) is 4.90 Å². The molecule has 5 nitrogen and oxygen atoms in total. The van der Waals surface area contributed by atoms with Crippen molar-refractivity contribution in [2.24, 2.45) is 5.41 Å². The zero-order chi connectivity index (χ0) is 15.3. The normalized spacial score (nSPS) is 18.8. The second-order valence-electron chi connectivity index (χ2n) is 6.34. The third-order valence-electron chi connectivity index (χ3n) is 4.34. The molecule has 0 aliphatic heterocycles. The lowest BCUT2D eigenvalue weighted by atomic mass is 9.76. The number of hydrogen-bond donors (Lipinski definition) is 3. The van der Waals surface area contributed by atoms with Gasteiger partial charge in [-0.05, 0) is 30.9 Å². The SMILES string of the molecule is CCNCc1cc(S(=O)(=O)NCC2(C)CCCCC2)c[nH]1. The number of sulfonamides is 1. The van der Waals surface area contributed by atoms with E-state index in [2.05, 4.69) is 21.9 Å². The molecule has 0 atom stereocenters. The summed E-state index contributed by atoms with van der Waals surface area (Å²) < 4.78 is 27.5. The van der Waals surface area contributed by atoms with Gasteiger partial charge in [0.1, 0.15) is 0 Å². The maximum atomic E-state index is 12.4. The molecule has 1 heterocycles. The van der Waals surface area contributed by atoms with Crippen LogP contribution in [0.4, 0.5) is 0 Å². The summed E-state index contributed by atoms with van der Waals surface area (Å²) in [6.45, 7) is 6.25. The molecule has 1 aromatic heterocycles. The first-order valence-corrected chi connectivity index (χ1v) is 9.31. The molecule has 0 saturated heterocycles. The largest absolute Gasteiger partial charge is 0.363 e. The number of aromatic nitrogens is 1. The van der Waals surface area contributed by atoms with Crippen LogP contribution in [0, 0.1) is 5.41 Å². The minimum Gasteiger partial charge on any atom is -0.363 e. The van der Waals surface area contributed by atoms with Gasteiger partial charge in [0.2, 0.25) is 10.0 Å².